The van der Waals surface area contributed by atoms with Gasteiger partial charge >= 0.3 is 0 Å². The highest BCUT2D eigenvalue weighted by molar-refractivity contribution is 9.10. The maximum absolute atomic E-state index is 12.3. The molecule has 0 fully saturated rings. The molecule has 0 bridgehead atoms. The van der Waals surface area contributed by atoms with Gasteiger partial charge in [0.25, 0.3) is 5.91 Å². The molecular weight excluding hydrogens is 306 g/mol. The zero-order valence-electron chi connectivity index (χ0n) is 10.2. The predicted molar refractivity (Wildman–Crippen MR) is 75.8 cm³/mol. The number of carbonyl (C=O) groups is 1. The van der Waals surface area contributed by atoms with E-state index >= 15 is 0 Å². The van der Waals surface area contributed by atoms with Crippen LogP contribution in [0, 0.1) is 11.3 Å². The summed E-state index contributed by atoms with van der Waals surface area (Å²) in [5, 5.41) is 8.87. The molecule has 0 atom stereocenters. The SMILES string of the molecule is CN(C(=O)c1ncccc1Br)c1cccc(C#N)c1. The highest BCUT2D eigenvalue weighted by Gasteiger charge is 2.17. The first-order valence-electron chi connectivity index (χ1n) is 5.52. The van der Waals surface area contributed by atoms with Gasteiger partial charge in [0.05, 0.1) is 11.6 Å². The van der Waals surface area contributed by atoms with E-state index < -0.39 is 0 Å². The Balaban J connectivity index is 2.34. The van der Waals surface area contributed by atoms with Gasteiger partial charge in [0, 0.05) is 23.4 Å². The molecule has 0 radical (unpaired) electrons. The summed E-state index contributed by atoms with van der Waals surface area (Å²) in [6, 6.07) is 12.4. The first kappa shape index (κ1) is 13.2. The molecule has 0 N–H and O–H groups in total. The summed E-state index contributed by atoms with van der Waals surface area (Å²) >= 11 is 3.30. The van der Waals surface area contributed by atoms with Crippen molar-refractivity contribution >= 4 is 27.5 Å². The average molecular weight is 316 g/mol. The number of carbonyl (C=O) groups excluding carboxylic acids is 1. The van der Waals surface area contributed by atoms with Crippen LogP contribution in [0.5, 0.6) is 0 Å². The molecule has 0 saturated carbocycles. The number of nitriles is 1. The van der Waals surface area contributed by atoms with Gasteiger partial charge in [0.15, 0.2) is 0 Å². The van der Waals surface area contributed by atoms with E-state index in [-0.39, 0.29) is 5.91 Å². The molecule has 1 amide bonds. The monoisotopic (exact) mass is 315 g/mol. The molecule has 19 heavy (non-hydrogen) atoms. The van der Waals surface area contributed by atoms with E-state index in [1.54, 1.807) is 49.6 Å². The van der Waals surface area contributed by atoms with Gasteiger partial charge in [-0.15, -0.1) is 0 Å². The molecule has 0 aliphatic carbocycles. The Bertz CT molecular complexity index is 664. The van der Waals surface area contributed by atoms with Crippen LogP contribution in [0.15, 0.2) is 47.1 Å². The smallest absolute Gasteiger partial charge is 0.277 e. The van der Waals surface area contributed by atoms with Crippen LogP contribution in [0.1, 0.15) is 16.1 Å². The van der Waals surface area contributed by atoms with E-state index in [1.807, 2.05) is 6.07 Å². The summed E-state index contributed by atoms with van der Waals surface area (Å²) in [4.78, 5) is 17.8. The number of halogens is 1. The zero-order valence-corrected chi connectivity index (χ0v) is 11.8. The minimum absolute atomic E-state index is 0.234. The molecule has 0 aliphatic rings. The average Bonchev–Trinajstić information content (AvgIpc) is 2.46. The molecule has 2 rings (SSSR count). The Morgan fingerprint density at radius 3 is 2.84 bits per heavy atom. The maximum Gasteiger partial charge on any atom is 0.277 e. The lowest BCUT2D eigenvalue weighted by Crippen LogP contribution is -2.27. The van der Waals surface area contributed by atoms with E-state index in [2.05, 4.69) is 20.9 Å². The van der Waals surface area contributed by atoms with Gasteiger partial charge in [-0.1, -0.05) is 6.07 Å². The molecule has 0 saturated heterocycles. The molecule has 0 spiro atoms. The van der Waals surface area contributed by atoms with Crippen molar-refractivity contribution in [1.29, 1.82) is 5.26 Å². The largest absolute Gasteiger partial charge is 0.310 e. The molecule has 0 unspecified atom stereocenters. The van der Waals surface area contributed by atoms with Crippen LogP contribution in [-0.4, -0.2) is 17.9 Å². The van der Waals surface area contributed by atoms with Crippen LogP contribution in [0.25, 0.3) is 0 Å². The Kier molecular flexibility index (Phi) is 3.93. The summed E-state index contributed by atoms with van der Waals surface area (Å²) in [5.41, 5.74) is 1.51. The van der Waals surface area contributed by atoms with Crippen LogP contribution >= 0.6 is 15.9 Å². The first-order valence-corrected chi connectivity index (χ1v) is 6.31. The normalized spacial score (nSPS) is 9.74. The van der Waals surface area contributed by atoms with E-state index in [4.69, 9.17) is 5.26 Å². The number of amides is 1. The Labute approximate surface area is 119 Å². The van der Waals surface area contributed by atoms with E-state index in [1.165, 1.54) is 4.90 Å². The lowest BCUT2D eigenvalue weighted by atomic mass is 10.2. The van der Waals surface area contributed by atoms with Crippen molar-refractivity contribution in [2.45, 2.75) is 0 Å². The Morgan fingerprint density at radius 1 is 1.37 bits per heavy atom. The topological polar surface area (TPSA) is 57.0 Å². The summed E-state index contributed by atoms with van der Waals surface area (Å²) < 4.78 is 0.642. The summed E-state index contributed by atoms with van der Waals surface area (Å²) in [7, 11) is 1.65. The van der Waals surface area contributed by atoms with Gasteiger partial charge < -0.3 is 4.90 Å². The Morgan fingerprint density at radius 2 is 2.16 bits per heavy atom. The van der Waals surface area contributed by atoms with E-state index in [0.29, 0.717) is 21.4 Å². The van der Waals surface area contributed by atoms with Crippen molar-refractivity contribution in [3.05, 3.63) is 58.3 Å². The maximum atomic E-state index is 12.3. The molecule has 1 aromatic carbocycles. The number of hydrogen-bond donors (Lipinski definition) is 0. The quantitative estimate of drug-likeness (QED) is 0.856. The van der Waals surface area contributed by atoms with Gasteiger partial charge in [-0.3, -0.25) is 4.79 Å². The van der Waals surface area contributed by atoms with Crippen molar-refractivity contribution in [2.24, 2.45) is 0 Å². The number of nitrogens with zero attached hydrogens (tertiary/aromatic N) is 3. The van der Waals surface area contributed by atoms with Crippen molar-refractivity contribution in [2.75, 3.05) is 11.9 Å². The van der Waals surface area contributed by atoms with E-state index in [0.717, 1.165) is 0 Å². The fourth-order valence-corrected chi connectivity index (χ4v) is 2.03. The molecule has 94 valence electrons. The number of benzene rings is 1. The fourth-order valence-electron chi connectivity index (χ4n) is 1.60. The Hall–Kier alpha value is -2.19. The number of hydrogen-bond acceptors (Lipinski definition) is 3. The third-order valence-electron chi connectivity index (χ3n) is 2.63. The van der Waals surface area contributed by atoms with Crippen molar-refractivity contribution in [3.63, 3.8) is 0 Å². The summed E-state index contributed by atoms with van der Waals surface area (Å²) in [6.45, 7) is 0. The second-order valence-corrected chi connectivity index (χ2v) is 4.71. The van der Waals surface area contributed by atoms with Crippen LogP contribution in [0.3, 0.4) is 0 Å². The van der Waals surface area contributed by atoms with Gasteiger partial charge in [-0.25, -0.2) is 4.98 Å². The molecule has 2 aromatic rings. The third kappa shape index (κ3) is 2.80. The molecular formula is C14H10BrN3O. The lowest BCUT2D eigenvalue weighted by molar-refractivity contribution is 0.0987. The van der Waals surface area contributed by atoms with Gasteiger partial charge in [0.2, 0.25) is 0 Å². The third-order valence-corrected chi connectivity index (χ3v) is 3.27. The van der Waals surface area contributed by atoms with Gasteiger partial charge in [-0.05, 0) is 46.3 Å². The van der Waals surface area contributed by atoms with Crippen LogP contribution < -0.4 is 4.90 Å². The highest BCUT2D eigenvalue weighted by atomic mass is 79.9. The van der Waals surface area contributed by atoms with E-state index in [9.17, 15) is 4.79 Å². The van der Waals surface area contributed by atoms with Crippen molar-refractivity contribution < 1.29 is 4.79 Å². The fraction of sp³-hybridized carbons (Fsp3) is 0.0714. The minimum Gasteiger partial charge on any atom is -0.310 e. The lowest BCUT2D eigenvalue weighted by Gasteiger charge is -2.17. The number of rotatable bonds is 2. The molecule has 1 heterocycles. The molecule has 1 aromatic heterocycles. The second kappa shape index (κ2) is 5.63. The number of pyridine rings is 1. The van der Waals surface area contributed by atoms with Crippen LogP contribution in [0.2, 0.25) is 0 Å². The minimum atomic E-state index is -0.234. The van der Waals surface area contributed by atoms with Gasteiger partial charge in [-0.2, -0.15) is 5.26 Å². The zero-order chi connectivity index (χ0) is 13.8. The standard InChI is InChI=1S/C14H10BrN3O/c1-18(11-5-2-4-10(8-11)9-16)14(19)13-12(15)6-3-7-17-13/h2-8H,1H3. The van der Waals surface area contributed by atoms with Crippen LogP contribution in [0.4, 0.5) is 5.69 Å². The number of aromatic nitrogens is 1. The van der Waals surface area contributed by atoms with Crippen molar-refractivity contribution in [3.8, 4) is 6.07 Å². The predicted octanol–water partition coefficient (Wildman–Crippen LogP) is 2.99. The first-order chi connectivity index (χ1) is 9.13. The molecule has 0 aliphatic heterocycles. The van der Waals surface area contributed by atoms with Gasteiger partial charge in [0.1, 0.15) is 5.69 Å². The second-order valence-electron chi connectivity index (χ2n) is 3.86. The molecule has 4 nitrogen and oxygen atoms in total. The van der Waals surface area contributed by atoms with Crippen LogP contribution in [-0.2, 0) is 0 Å². The number of anilines is 1. The molecule has 5 heteroatoms. The van der Waals surface area contributed by atoms with Crippen molar-refractivity contribution in [1.82, 2.24) is 4.98 Å². The summed E-state index contributed by atoms with van der Waals surface area (Å²) in [5.74, 6) is -0.234. The highest BCUT2D eigenvalue weighted by Crippen LogP contribution is 2.20. The summed E-state index contributed by atoms with van der Waals surface area (Å²) in [6.07, 6.45) is 1.57.